The van der Waals surface area contributed by atoms with E-state index in [1.807, 2.05) is 9.80 Å². The smallest absolute Gasteiger partial charge is 0.364 e. The molecule has 2 atom stereocenters. The van der Waals surface area contributed by atoms with Gasteiger partial charge in [-0.05, 0) is 47.9 Å². The molecule has 1 saturated heterocycles. The number of carbonyl (C=O) groups excluding carboxylic acids is 1. The maximum Gasteiger partial charge on any atom is 0.416 e. The second-order valence-electron chi connectivity index (χ2n) is 8.77. The van der Waals surface area contributed by atoms with Crippen molar-refractivity contribution in [1.82, 2.24) is 15.3 Å². The molecule has 0 unspecified atom stereocenters. The number of amides is 1. The molecule has 3 heterocycles. The predicted molar refractivity (Wildman–Crippen MR) is 122 cm³/mol. The Morgan fingerprint density at radius 2 is 1.89 bits per heavy atom. The van der Waals surface area contributed by atoms with E-state index in [2.05, 4.69) is 15.3 Å². The molecule has 2 aliphatic rings. The molecular formula is C25H23F4N5O. The number of alkyl halides is 3. The number of rotatable bonds is 4. The molecule has 0 bridgehead atoms. The Balaban J connectivity index is 1.43. The third-order valence-corrected chi connectivity index (χ3v) is 6.63. The normalized spacial score (nSPS) is 19.7. The largest absolute Gasteiger partial charge is 0.416 e. The van der Waals surface area contributed by atoms with Crippen molar-refractivity contribution in [2.75, 3.05) is 29.4 Å². The molecule has 5 rings (SSSR count). The second kappa shape index (κ2) is 9.16. The van der Waals surface area contributed by atoms with E-state index in [1.54, 1.807) is 30.7 Å². The minimum Gasteiger partial charge on any atom is -0.364 e. The lowest BCUT2D eigenvalue weighted by Gasteiger charge is -2.49. The van der Waals surface area contributed by atoms with E-state index in [-0.39, 0.29) is 30.7 Å². The Morgan fingerprint density at radius 1 is 1.09 bits per heavy atom. The van der Waals surface area contributed by atoms with Crippen LogP contribution in [0.2, 0.25) is 0 Å². The molecule has 182 valence electrons. The zero-order valence-corrected chi connectivity index (χ0v) is 18.7. The highest BCUT2D eigenvalue weighted by atomic mass is 19.4. The third-order valence-electron chi connectivity index (χ3n) is 6.63. The number of piperazine rings is 1. The first kappa shape index (κ1) is 23.1. The van der Waals surface area contributed by atoms with Gasteiger partial charge in [0.05, 0.1) is 23.7 Å². The van der Waals surface area contributed by atoms with Crippen molar-refractivity contribution in [3.8, 4) is 0 Å². The molecule has 2 aromatic carbocycles. The van der Waals surface area contributed by atoms with Gasteiger partial charge in [0, 0.05) is 44.3 Å². The lowest BCUT2D eigenvalue weighted by atomic mass is 9.82. The zero-order valence-electron chi connectivity index (χ0n) is 18.7. The monoisotopic (exact) mass is 485 g/mol. The van der Waals surface area contributed by atoms with E-state index in [0.717, 1.165) is 23.4 Å². The molecule has 1 aromatic heterocycles. The maximum atomic E-state index is 13.4. The summed E-state index contributed by atoms with van der Waals surface area (Å²) in [6, 6.07) is 9.31. The second-order valence-corrected chi connectivity index (χ2v) is 8.77. The predicted octanol–water partition coefficient (Wildman–Crippen LogP) is 3.82. The van der Waals surface area contributed by atoms with Crippen LogP contribution in [-0.2, 0) is 23.9 Å². The quantitative estimate of drug-likeness (QED) is 0.570. The van der Waals surface area contributed by atoms with Gasteiger partial charge in [0.1, 0.15) is 11.6 Å². The van der Waals surface area contributed by atoms with Gasteiger partial charge in [0.15, 0.2) is 0 Å². The van der Waals surface area contributed by atoms with Crippen LogP contribution in [0.1, 0.15) is 16.7 Å². The number of carbonyl (C=O) groups is 1. The molecular weight excluding hydrogens is 462 g/mol. The van der Waals surface area contributed by atoms with Crippen LogP contribution < -0.4 is 15.1 Å². The van der Waals surface area contributed by atoms with Gasteiger partial charge < -0.3 is 15.1 Å². The number of aromatic nitrogens is 2. The number of halogens is 4. The molecule has 0 radical (unpaired) electrons. The van der Waals surface area contributed by atoms with Crippen LogP contribution in [0.3, 0.4) is 0 Å². The first-order valence-corrected chi connectivity index (χ1v) is 11.3. The van der Waals surface area contributed by atoms with Crippen LogP contribution in [0.4, 0.5) is 29.1 Å². The number of fused-ring (bicyclic) bond motifs is 3. The Labute approximate surface area is 199 Å². The summed E-state index contributed by atoms with van der Waals surface area (Å²) >= 11 is 0. The fourth-order valence-electron chi connectivity index (χ4n) is 4.88. The van der Waals surface area contributed by atoms with Gasteiger partial charge in [-0.1, -0.05) is 12.1 Å². The van der Waals surface area contributed by atoms with E-state index in [1.165, 1.54) is 18.2 Å². The number of nitrogens with zero attached hydrogens (tertiary/aromatic N) is 4. The van der Waals surface area contributed by atoms with Gasteiger partial charge in [-0.3, -0.25) is 9.78 Å². The molecule has 0 spiro atoms. The topological polar surface area (TPSA) is 61.4 Å². The molecule has 35 heavy (non-hydrogen) atoms. The van der Waals surface area contributed by atoms with Crippen LogP contribution in [0, 0.1) is 11.7 Å². The lowest BCUT2D eigenvalue weighted by molar-refractivity contribution is -0.137. The number of hydrogen-bond donors (Lipinski definition) is 1. The number of nitrogens with one attached hydrogen (secondary N) is 1. The van der Waals surface area contributed by atoms with Gasteiger partial charge in [-0.15, -0.1) is 0 Å². The average molecular weight is 485 g/mol. The summed E-state index contributed by atoms with van der Waals surface area (Å²) in [6.45, 7) is 1.81. The van der Waals surface area contributed by atoms with E-state index >= 15 is 0 Å². The van der Waals surface area contributed by atoms with E-state index in [9.17, 15) is 22.4 Å². The number of hydrogen-bond acceptors (Lipinski definition) is 5. The highest BCUT2D eigenvalue weighted by Gasteiger charge is 2.43. The summed E-state index contributed by atoms with van der Waals surface area (Å²) in [4.78, 5) is 25.9. The summed E-state index contributed by atoms with van der Waals surface area (Å²) < 4.78 is 53.4. The van der Waals surface area contributed by atoms with Crippen molar-refractivity contribution < 1.29 is 22.4 Å². The van der Waals surface area contributed by atoms with Crippen molar-refractivity contribution >= 4 is 17.4 Å². The number of benzene rings is 2. The summed E-state index contributed by atoms with van der Waals surface area (Å²) in [6.07, 6.45) is 0.566. The number of anilines is 2. The zero-order chi connectivity index (χ0) is 24.6. The highest BCUT2D eigenvalue weighted by Crippen LogP contribution is 2.40. The van der Waals surface area contributed by atoms with Gasteiger partial charge in [0.25, 0.3) is 0 Å². The van der Waals surface area contributed by atoms with Crippen LogP contribution in [0.5, 0.6) is 0 Å². The molecule has 0 aliphatic carbocycles. The summed E-state index contributed by atoms with van der Waals surface area (Å²) in [5.41, 5.74) is 1.24. The van der Waals surface area contributed by atoms with Crippen molar-refractivity contribution in [3.63, 3.8) is 0 Å². The van der Waals surface area contributed by atoms with Crippen molar-refractivity contribution in [3.05, 3.63) is 83.6 Å². The van der Waals surface area contributed by atoms with Gasteiger partial charge in [0.2, 0.25) is 5.91 Å². The summed E-state index contributed by atoms with van der Waals surface area (Å²) in [5.74, 6) is -0.512. The fourth-order valence-corrected chi connectivity index (χ4v) is 4.88. The van der Waals surface area contributed by atoms with Crippen LogP contribution in [-0.4, -0.2) is 41.6 Å². The molecule has 1 amide bonds. The standard InChI is InChI=1S/C25H23F4N5O/c26-19-4-1-16(2-5-19)13-32-24(35)20-12-17-11-18(25(27,28)29)3-6-21(17)34-10-9-33(15-22(20)34)23-14-30-7-8-31-23/h1-8,11,14,20,22H,9-10,12-13,15H2,(H,32,35)/t20-,22-/m0/s1. The van der Waals surface area contributed by atoms with Crippen molar-refractivity contribution in [2.45, 2.75) is 25.2 Å². The SMILES string of the molecule is O=C(NCc1ccc(F)cc1)[C@H]1Cc2cc(C(F)(F)F)ccc2N2CCN(c3cnccn3)C[C@@H]12. The molecule has 0 saturated carbocycles. The Bertz CT molecular complexity index is 1200. The molecule has 1 fully saturated rings. The van der Waals surface area contributed by atoms with Crippen molar-refractivity contribution in [1.29, 1.82) is 0 Å². The van der Waals surface area contributed by atoms with Gasteiger partial charge >= 0.3 is 6.18 Å². The first-order valence-electron chi connectivity index (χ1n) is 11.3. The molecule has 6 nitrogen and oxygen atoms in total. The van der Waals surface area contributed by atoms with Gasteiger partial charge in [-0.25, -0.2) is 9.37 Å². The fraction of sp³-hybridized carbons (Fsp3) is 0.320. The molecule has 2 aliphatic heterocycles. The Morgan fingerprint density at radius 3 is 2.60 bits per heavy atom. The van der Waals surface area contributed by atoms with E-state index in [4.69, 9.17) is 0 Å². The average Bonchev–Trinajstić information content (AvgIpc) is 2.87. The van der Waals surface area contributed by atoms with Crippen LogP contribution >= 0.6 is 0 Å². The maximum absolute atomic E-state index is 13.4. The molecule has 1 N–H and O–H groups in total. The lowest BCUT2D eigenvalue weighted by Crippen LogP contribution is -2.61. The van der Waals surface area contributed by atoms with Gasteiger partial charge in [-0.2, -0.15) is 13.2 Å². The molecule has 3 aromatic rings. The van der Waals surface area contributed by atoms with Crippen LogP contribution in [0.15, 0.2) is 61.1 Å². The van der Waals surface area contributed by atoms with Crippen molar-refractivity contribution in [2.24, 2.45) is 5.92 Å². The minimum absolute atomic E-state index is 0.185. The summed E-state index contributed by atoms with van der Waals surface area (Å²) in [5, 5.41) is 2.89. The first-order chi connectivity index (χ1) is 16.8. The summed E-state index contributed by atoms with van der Waals surface area (Å²) in [7, 11) is 0. The molecule has 10 heteroatoms. The Hall–Kier alpha value is -3.69. The minimum atomic E-state index is -4.46. The Kier molecular flexibility index (Phi) is 6.04. The third kappa shape index (κ3) is 4.78. The van der Waals surface area contributed by atoms with Crippen LogP contribution in [0.25, 0.3) is 0 Å². The van der Waals surface area contributed by atoms with E-state index < -0.39 is 17.7 Å². The highest BCUT2D eigenvalue weighted by molar-refractivity contribution is 5.82. The van der Waals surface area contributed by atoms with E-state index in [0.29, 0.717) is 31.0 Å².